The van der Waals surface area contributed by atoms with Crippen molar-refractivity contribution in [2.45, 2.75) is 50.0 Å². The molecule has 4 rings (SSSR count). The molecule has 0 aromatic heterocycles. The second-order valence-electron chi connectivity index (χ2n) is 9.00. The van der Waals surface area contributed by atoms with Gasteiger partial charge in [-0.05, 0) is 41.5 Å². The van der Waals surface area contributed by atoms with Crippen LogP contribution in [0.1, 0.15) is 34.7 Å². The highest BCUT2D eigenvalue weighted by atomic mass is 16.3. The first-order chi connectivity index (χ1) is 16.0. The van der Waals surface area contributed by atoms with Crippen molar-refractivity contribution >= 4 is 5.91 Å². The van der Waals surface area contributed by atoms with Crippen LogP contribution in [-0.2, 0) is 24.1 Å². The Morgan fingerprint density at radius 1 is 0.909 bits per heavy atom. The molecule has 1 aliphatic rings. The minimum Gasteiger partial charge on any atom is -0.391 e. The van der Waals surface area contributed by atoms with Gasteiger partial charge in [-0.3, -0.25) is 4.79 Å². The number of rotatable bonds is 9. The largest absolute Gasteiger partial charge is 0.391 e. The maximum absolute atomic E-state index is 13.4. The second kappa shape index (κ2) is 10.8. The highest BCUT2D eigenvalue weighted by Gasteiger charge is 2.34. The van der Waals surface area contributed by atoms with Crippen LogP contribution in [0.25, 0.3) is 0 Å². The third-order valence-electron chi connectivity index (χ3n) is 6.53. The number of nitrogens with two attached hydrogens (primary N) is 1. The van der Waals surface area contributed by atoms with Crippen molar-refractivity contribution in [3.8, 4) is 0 Å². The first kappa shape index (κ1) is 23.2. The Bertz CT molecular complexity index is 1040. The predicted molar refractivity (Wildman–Crippen MR) is 129 cm³/mol. The van der Waals surface area contributed by atoms with Gasteiger partial charge in [-0.25, -0.2) is 0 Å². The number of nitrogens with one attached hydrogen (secondary N) is 1. The first-order valence-electron chi connectivity index (χ1n) is 11.6. The molecule has 5 nitrogen and oxygen atoms in total. The van der Waals surface area contributed by atoms with E-state index in [4.69, 9.17) is 5.73 Å². The van der Waals surface area contributed by atoms with E-state index >= 15 is 0 Å². The van der Waals surface area contributed by atoms with E-state index < -0.39 is 30.2 Å². The van der Waals surface area contributed by atoms with Gasteiger partial charge >= 0.3 is 0 Å². The molecule has 172 valence electrons. The van der Waals surface area contributed by atoms with E-state index in [2.05, 4.69) is 5.32 Å². The van der Waals surface area contributed by atoms with E-state index in [1.165, 1.54) is 0 Å². The molecule has 0 saturated carbocycles. The maximum atomic E-state index is 13.4. The number of carbonyl (C=O) groups excluding carboxylic acids is 1. The lowest BCUT2D eigenvalue weighted by molar-refractivity contribution is -0.127. The Hall–Kier alpha value is -2.99. The van der Waals surface area contributed by atoms with Crippen LogP contribution in [0.2, 0.25) is 0 Å². The lowest BCUT2D eigenvalue weighted by atomic mass is 9.88. The zero-order valence-corrected chi connectivity index (χ0v) is 18.7. The van der Waals surface area contributed by atoms with Crippen LogP contribution in [0.5, 0.6) is 0 Å². The molecule has 5 N–H and O–H groups in total. The molecule has 5 atom stereocenters. The average molecular weight is 445 g/mol. The van der Waals surface area contributed by atoms with Gasteiger partial charge in [0.25, 0.3) is 0 Å². The normalized spacial score (nSPS) is 20.0. The Balaban J connectivity index is 1.47. The van der Waals surface area contributed by atoms with E-state index in [-0.39, 0.29) is 12.3 Å². The minimum absolute atomic E-state index is 0.175. The smallest absolute Gasteiger partial charge is 0.224 e. The van der Waals surface area contributed by atoms with Crippen molar-refractivity contribution in [1.82, 2.24) is 5.32 Å². The average Bonchev–Trinajstić information content (AvgIpc) is 3.14. The monoisotopic (exact) mass is 444 g/mol. The van der Waals surface area contributed by atoms with Gasteiger partial charge in [0.15, 0.2) is 0 Å². The van der Waals surface area contributed by atoms with Crippen LogP contribution in [0.15, 0.2) is 84.9 Å². The van der Waals surface area contributed by atoms with Gasteiger partial charge in [0, 0.05) is 18.4 Å². The molecule has 5 unspecified atom stereocenters. The van der Waals surface area contributed by atoms with Gasteiger partial charge in [-0.2, -0.15) is 0 Å². The van der Waals surface area contributed by atoms with Crippen LogP contribution in [0.3, 0.4) is 0 Å². The Labute approximate surface area is 195 Å². The maximum Gasteiger partial charge on any atom is 0.224 e. The van der Waals surface area contributed by atoms with Crippen LogP contribution >= 0.6 is 0 Å². The zero-order valence-electron chi connectivity index (χ0n) is 18.7. The highest BCUT2D eigenvalue weighted by Crippen LogP contribution is 2.32. The van der Waals surface area contributed by atoms with Gasteiger partial charge in [0.1, 0.15) is 0 Å². The Kier molecular flexibility index (Phi) is 7.55. The van der Waals surface area contributed by atoms with Crippen molar-refractivity contribution in [1.29, 1.82) is 0 Å². The van der Waals surface area contributed by atoms with E-state index in [1.807, 2.05) is 84.9 Å². The van der Waals surface area contributed by atoms with Crippen molar-refractivity contribution < 1.29 is 15.0 Å². The summed E-state index contributed by atoms with van der Waals surface area (Å²) in [4.78, 5) is 13.4. The lowest BCUT2D eigenvalue weighted by Gasteiger charge is -2.26. The van der Waals surface area contributed by atoms with Crippen LogP contribution < -0.4 is 11.1 Å². The predicted octanol–water partition coefficient (Wildman–Crippen LogP) is 2.94. The molecule has 3 aromatic rings. The summed E-state index contributed by atoms with van der Waals surface area (Å²) in [6.45, 7) is 0. The van der Waals surface area contributed by atoms with Crippen molar-refractivity contribution in [2.24, 2.45) is 11.7 Å². The molecular formula is C28H32N2O3. The van der Waals surface area contributed by atoms with Gasteiger partial charge < -0.3 is 21.3 Å². The Morgan fingerprint density at radius 3 is 2.15 bits per heavy atom. The van der Waals surface area contributed by atoms with Crippen LogP contribution in [0.4, 0.5) is 0 Å². The number of hydrogen-bond donors (Lipinski definition) is 4. The molecule has 1 aliphatic carbocycles. The van der Waals surface area contributed by atoms with E-state index in [1.54, 1.807) is 0 Å². The molecule has 5 heteroatoms. The van der Waals surface area contributed by atoms with Crippen LogP contribution in [-0.4, -0.2) is 34.4 Å². The zero-order chi connectivity index (χ0) is 23.2. The van der Waals surface area contributed by atoms with Crippen molar-refractivity contribution in [3.63, 3.8) is 0 Å². The Morgan fingerprint density at radius 2 is 1.48 bits per heavy atom. The molecule has 0 aliphatic heterocycles. The van der Waals surface area contributed by atoms with Crippen molar-refractivity contribution in [3.05, 3.63) is 107 Å². The number of aliphatic hydroxyl groups excluding tert-OH is 2. The number of aliphatic hydroxyl groups is 2. The van der Waals surface area contributed by atoms with E-state index in [0.29, 0.717) is 19.3 Å². The molecule has 0 saturated heterocycles. The first-order valence-corrected chi connectivity index (χ1v) is 11.6. The molecule has 0 heterocycles. The third-order valence-corrected chi connectivity index (χ3v) is 6.53. The van der Waals surface area contributed by atoms with Gasteiger partial charge in [-0.1, -0.05) is 84.9 Å². The van der Waals surface area contributed by atoms with Gasteiger partial charge in [0.2, 0.25) is 5.91 Å². The molecular weight excluding hydrogens is 412 g/mol. The fourth-order valence-electron chi connectivity index (χ4n) is 4.69. The summed E-state index contributed by atoms with van der Waals surface area (Å²) >= 11 is 0. The summed E-state index contributed by atoms with van der Waals surface area (Å²) < 4.78 is 0. The summed E-state index contributed by atoms with van der Waals surface area (Å²) in [5.41, 5.74) is 10.4. The molecule has 0 radical (unpaired) electrons. The fraction of sp³-hybridized carbons (Fsp3) is 0.321. The number of amides is 1. The number of benzene rings is 3. The molecule has 0 fully saturated rings. The second-order valence-corrected chi connectivity index (χ2v) is 9.00. The SMILES string of the molecule is NC(Cc1ccccc1)C(O)CC(Cc1ccccc1)C(=O)NC1c2ccccc2CC1O. The summed E-state index contributed by atoms with van der Waals surface area (Å²) in [6, 6.07) is 26.5. The summed E-state index contributed by atoms with van der Waals surface area (Å²) in [5.74, 6) is -0.644. The van der Waals surface area contributed by atoms with Gasteiger partial charge in [-0.15, -0.1) is 0 Å². The molecule has 1 amide bonds. The fourth-order valence-corrected chi connectivity index (χ4v) is 4.69. The van der Waals surface area contributed by atoms with Crippen LogP contribution in [0, 0.1) is 5.92 Å². The number of carbonyl (C=O) groups is 1. The number of hydrogen-bond acceptors (Lipinski definition) is 4. The number of fused-ring (bicyclic) bond motifs is 1. The standard InChI is InChI=1S/C28H32N2O3/c29-24(16-20-11-5-2-6-12-20)25(31)18-22(15-19-9-3-1-4-10-19)28(33)30-27-23-14-8-7-13-21(23)17-26(27)32/h1-14,22,24-27,31-32H,15-18,29H2,(H,30,33). The molecule has 33 heavy (non-hydrogen) atoms. The van der Waals surface area contributed by atoms with Crippen molar-refractivity contribution in [2.75, 3.05) is 0 Å². The van der Waals surface area contributed by atoms with Gasteiger partial charge in [0.05, 0.1) is 18.2 Å². The summed E-state index contributed by atoms with van der Waals surface area (Å²) in [6.07, 6.45) is 0.316. The molecule has 0 spiro atoms. The summed E-state index contributed by atoms with van der Waals surface area (Å²) in [5, 5.41) is 24.5. The molecule has 3 aromatic carbocycles. The van der Waals surface area contributed by atoms with E-state index in [0.717, 1.165) is 22.3 Å². The minimum atomic E-state index is -0.828. The lowest BCUT2D eigenvalue weighted by Crippen LogP contribution is -2.43. The molecule has 0 bridgehead atoms. The highest BCUT2D eigenvalue weighted by molar-refractivity contribution is 5.80. The summed E-state index contributed by atoms with van der Waals surface area (Å²) in [7, 11) is 0. The van der Waals surface area contributed by atoms with E-state index in [9.17, 15) is 15.0 Å². The third kappa shape index (κ3) is 5.88. The quantitative estimate of drug-likeness (QED) is 0.408. The topological polar surface area (TPSA) is 95.6 Å².